The number of carbonyl (C=O) groups is 1. The summed E-state index contributed by atoms with van der Waals surface area (Å²) < 4.78 is 0. The van der Waals surface area contributed by atoms with Gasteiger partial charge in [0.1, 0.15) is 5.25 Å². The number of aryl methyl sites for hydroxylation is 1. The SMILES string of the molecule is Cl.O=C(NC1CCNC1)C1SCCc2ccccc21. The molecule has 1 aromatic rings. The average Bonchev–Trinajstić information content (AvgIpc) is 2.91. The van der Waals surface area contributed by atoms with Crippen molar-refractivity contribution in [3.8, 4) is 0 Å². The van der Waals surface area contributed by atoms with E-state index in [0.29, 0.717) is 6.04 Å². The lowest BCUT2D eigenvalue weighted by atomic mass is 10.0. The fraction of sp³-hybridized carbons (Fsp3) is 0.500. The first kappa shape index (κ1) is 14.7. The van der Waals surface area contributed by atoms with Crippen molar-refractivity contribution in [1.29, 1.82) is 0 Å². The Kier molecular flexibility index (Phi) is 5.13. The van der Waals surface area contributed by atoms with Gasteiger partial charge >= 0.3 is 0 Å². The molecule has 5 heteroatoms. The second-order valence-corrected chi connectivity index (χ2v) is 6.11. The van der Waals surface area contributed by atoms with Crippen molar-refractivity contribution in [1.82, 2.24) is 10.6 Å². The third-order valence-corrected chi connectivity index (χ3v) is 4.88. The van der Waals surface area contributed by atoms with Crippen LogP contribution in [0, 0.1) is 0 Å². The Balaban J connectivity index is 0.00000133. The van der Waals surface area contributed by atoms with Gasteiger partial charge in [0.05, 0.1) is 0 Å². The molecule has 2 atom stereocenters. The molecule has 0 spiro atoms. The van der Waals surface area contributed by atoms with Crippen LogP contribution in [0.2, 0.25) is 0 Å². The van der Waals surface area contributed by atoms with E-state index in [9.17, 15) is 4.79 Å². The first-order valence-corrected chi connectivity index (χ1v) is 7.60. The molecule has 1 aromatic carbocycles. The van der Waals surface area contributed by atoms with Gasteiger partial charge in [-0.15, -0.1) is 24.2 Å². The Bertz CT molecular complexity index is 449. The summed E-state index contributed by atoms with van der Waals surface area (Å²) in [6.07, 6.45) is 2.13. The van der Waals surface area contributed by atoms with E-state index >= 15 is 0 Å². The van der Waals surface area contributed by atoms with E-state index in [4.69, 9.17) is 0 Å². The maximum absolute atomic E-state index is 12.4. The molecule has 2 heterocycles. The standard InChI is InChI=1S/C14H18N2OS.ClH/c17-14(16-11-5-7-15-9-11)13-12-4-2-1-3-10(12)6-8-18-13;/h1-4,11,13,15H,5-9H2,(H,16,17);1H. The maximum Gasteiger partial charge on any atom is 0.237 e. The number of halogens is 1. The molecule has 104 valence electrons. The van der Waals surface area contributed by atoms with Crippen LogP contribution in [-0.2, 0) is 11.2 Å². The van der Waals surface area contributed by atoms with Crippen molar-refractivity contribution in [2.24, 2.45) is 0 Å². The number of fused-ring (bicyclic) bond motifs is 1. The summed E-state index contributed by atoms with van der Waals surface area (Å²) in [7, 11) is 0. The summed E-state index contributed by atoms with van der Waals surface area (Å²) in [5, 5.41) is 6.43. The third-order valence-electron chi connectivity index (χ3n) is 3.64. The molecule has 2 aliphatic heterocycles. The maximum atomic E-state index is 12.4. The van der Waals surface area contributed by atoms with Gasteiger partial charge in [-0.25, -0.2) is 0 Å². The van der Waals surface area contributed by atoms with Gasteiger partial charge in [0.15, 0.2) is 0 Å². The minimum absolute atomic E-state index is 0. The smallest absolute Gasteiger partial charge is 0.237 e. The van der Waals surface area contributed by atoms with Gasteiger partial charge in [-0.3, -0.25) is 4.79 Å². The summed E-state index contributed by atoms with van der Waals surface area (Å²) in [5.41, 5.74) is 2.54. The van der Waals surface area contributed by atoms with Crippen molar-refractivity contribution >= 4 is 30.1 Å². The molecule has 1 fully saturated rings. The van der Waals surface area contributed by atoms with Gasteiger partial charge in [-0.05, 0) is 36.3 Å². The molecule has 3 nitrogen and oxygen atoms in total. The number of thioether (sulfide) groups is 1. The molecule has 19 heavy (non-hydrogen) atoms. The normalized spacial score (nSPS) is 25.3. The third kappa shape index (κ3) is 3.25. The second-order valence-electron chi connectivity index (χ2n) is 4.90. The van der Waals surface area contributed by atoms with Gasteiger partial charge in [0.2, 0.25) is 5.91 Å². The lowest BCUT2D eigenvalue weighted by Gasteiger charge is -2.25. The largest absolute Gasteiger partial charge is 0.351 e. The number of amides is 1. The molecular formula is C14H19ClN2OS. The van der Waals surface area contributed by atoms with E-state index in [0.717, 1.165) is 31.7 Å². The monoisotopic (exact) mass is 298 g/mol. The number of nitrogens with one attached hydrogen (secondary N) is 2. The van der Waals surface area contributed by atoms with E-state index in [2.05, 4.69) is 28.8 Å². The van der Waals surface area contributed by atoms with Gasteiger partial charge in [0.25, 0.3) is 0 Å². The van der Waals surface area contributed by atoms with E-state index in [-0.39, 0.29) is 23.6 Å². The van der Waals surface area contributed by atoms with Crippen LogP contribution in [0.5, 0.6) is 0 Å². The summed E-state index contributed by atoms with van der Waals surface area (Å²) in [5.74, 6) is 1.22. The van der Waals surface area contributed by atoms with E-state index in [1.165, 1.54) is 11.1 Å². The van der Waals surface area contributed by atoms with E-state index < -0.39 is 0 Å². The molecule has 1 saturated heterocycles. The van der Waals surface area contributed by atoms with E-state index in [1.807, 2.05) is 6.07 Å². The molecule has 3 rings (SSSR count). The number of carbonyl (C=O) groups excluding carboxylic acids is 1. The Hall–Kier alpha value is -0.710. The number of rotatable bonds is 2. The highest BCUT2D eigenvalue weighted by Crippen LogP contribution is 2.36. The first-order chi connectivity index (χ1) is 8.84. The predicted octanol–water partition coefficient (Wildman–Crippen LogP) is 1.92. The highest BCUT2D eigenvalue weighted by molar-refractivity contribution is 8.00. The van der Waals surface area contributed by atoms with Gasteiger partial charge < -0.3 is 10.6 Å². The highest BCUT2D eigenvalue weighted by Gasteiger charge is 2.28. The van der Waals surface area contributed by atoms with Crippen LogP contribution in [0.25, 0.3) is 0 Å². The topological polar surface area (TPSA) is 41.1 Å². The van der Waals surface area contributed by atoms with Crippen LogP contribution in [0.4, 0.5) is 0 Å². The van der Waals surface area contributed by atoms with Crippen LogP contribution < -0.4 is 10.6 Å². The zero-order valence-corrected chi connectivity index (χ0v) is 12.4. The van der Waals surface area contributed by atoms with Crippen molar-refractivity contribution < 1.29 is 4.79 Å². The Labute approximate surface area is 124 Å². The first-order valence-electron chi connectivity index (χ1n) is 6.55. The lowest BCUT2D eigenvalue weighted by molar-refractivity contribution is -0.121. The molecule has 0 radical (unpaired) electrons. The molecule has 0 saturated carbocycles. The van der Waals surface area contributed by atoms with Gasteiger partial charge in [0, 0.05) is 12.6 Å². The van der Waals surface area contributed by atoms with Crippen molar-refractivity contribution in [3.63, 3.8) is 0 Å². The van der Waals surface area contributed by atoms with Crippen LogP contribution >= 0.6 is 24.2 Å². The van der Waals surface area contributed by atoms with Crippen molar-refractivity contribution in [2.75, 3.05) is 18.8 Å². The van der Waals surface area contributed by atoms with Crippen LogP contribution in [-0.4, -0.2) is 30.8 Å². The number of benzene rings is 1. The molecule has 2 aliphatic rings. The lowest BCUT2D eigenvalue weighted by Crippen LogP contribution is -2.39. The Morgan fingerprint density at radius 3 is 3.00 bits per heavy atom. The zero-order valence-electron chi connectivity index (χ0n) is 10.7. The van der Waals surface area contributed by atoms with E-state index in [1.54, 1.807) is 11.8 Å². The minimum Gasteiger partial charge on any atom is -0.351 e. The summed E-state index contributed by atoms with van der Waals surface area (Å²) >= 11 is 1.76. The quantitative estimate of drug-likeness (QED) is 0.876. The average molecular weight is 299 g/mol. The Morgan fingerprint density at radius 2 is 2.21 bits per heavy atom. The summed E-state index contributed by atoms with van der Waals surface area (Å²) in [6, 6.07) is 8.64. The molecule has 0 bridgehead atoms. The number of hydrogen-bond donors (Lipinski definition) is 2. The zero-order chi connectivity index (χ0) is 12.4. The molecule has 1 amide bonds. The molecular weight excluding hydrogens is 280 g/mol. The molecule has 2 unspecified atom stereocenters. The molecule has 2 N–H and O–H groups in total. The predicted molar refractivity (Wildman–Crippen MR) is 82.0 cm³/mol. The second kappa shape index (κ2) is 6.64. The van der Waals surface area contributed by atoms with Gasteiger partial charge in [-0.1, -0.05) is 24.3 Å². The fourth-order valence-electron chi connectivity index (χ4n) is 2.67. The van der Waals surface area contributed by atoms with Crippen LogP contribution in [0.1, 0.15) is 22.8 Å². The minimum atomic E-state index is -0.0180. The summed E-state index contributed by atoms with van der Waals surface area (Å²) in [6.45, 7) is 1.92. The molecule has 0 aromatic heterocycles. The van der Waals surface area contributed by atoms with Crippen LogP contribution in [0.3, 0.4) is 0 Å². The number of hydrogen-bond acceptors (Lipinski definition) is 3. The van der Waals surface area contributed by atoms with Crippen molar-refractivity contribution in [2.45, 2.75) is 24.1 Å². The highest BCUT2D eigenvalue weighted by atomic mass is 35.5. The van der Waals surface area contributed by atoms with Gasteiger partial charge in [-0.2, -0.15) is 0 Å². The van der Waals surface area contributed by atoms with Crippen LogP contribution in [0.15, 0.2) is 24.3 Å². The molecule has 0 aliphatic carbocycles. The van der Waals surface area contributed by atoms with Crippen molar-refractivity contribution in [3.05, 3.63) is 35.4 Å². The fourth-order valence-corrected chi connectivity index (χ4v) is 3.87. The Morgan fingerprint density at radius 1 is 1.37 bits per heavy atom. The summed E-state index contributed by atoms with van der Waals surface area (Å²) in [4.78, 5) is 12.4.